The van der Waals surface area contributed by atoms with Crippen molar-refractivity contribution in [1.29, 1.82) is 0 Å². The summed E-state index contributed by atoms with van der Waals surface area (Å²) in [6, 6.07) is 28.6. The van der Waals surface area contributed by atoms with Gasteiger partial charge in [0.15, 0.2) is 5.96 Å². The number of nitrogens with one attached hydrogen (secondary N) is 1. The van der Waals surface area contributed by atoms with Gasteiger partial charge < -0.3 is 15.3 Å². The molecule has 0 spiro atoms. The van der Waals surface area contributed by atoms with Crippen LogP contribution in [0, 0.1) is 0 Å². The number of benzene rings is 3. The van der Waals surface area contributed by atoms with E-state index in [2.05, 4.69) is 64.1 Å². The molecule has 4 aromatic rings. The van der Waals surface area contributed by atoms with Gasteiger partial charge in [-0.25, -0.2) is 4.99 Å². The van der Waals surface area contributed by atoms with Crippen molar-refractivity contribution in [1.82, 2.24) is 4.90 Å². The maximum Gasteiger partial charge on any atom is 0.199 e. The van der Waals surface area contributed by atoms with Crippen molar-refractivity contribution in [2.24, 2.45) is 4.99 Å². The minimum Gasteiger partial charge on any atom is -0.506 e. The number of nitrogens with zero attached hydrogens (tertiary/aromatic N) is 2. The molecule has 160 valence electrons. The van der Waals surface area contributed by atoms with E-state index in [0.29, 0.717) is 12.2 Å². The highest BCUT2D eigenvalue weighted by atomic mass is 32.1. The number of guanidine groups is 1. The van der Waals surface area contributed by atoms with Gasteiger partial charge in [0.1, 0.15) is 5.75 Å². The van der Waals surface area contributed by atoms with Crippen LogP contribution in [-0.4, -0.2) is 22.5 Å². The summed E-state index contributed by atoms with van der Waals surface area (Å²) >= 11 is 1.71. The molecular weight excluding hydrogens is 414 g/mol. The van der Waals surface area contributed by atoms with Gasteiger partial charge in [0.05, 0.1) is 12.2 Å². The van der Waals surface area contributed by atoms with Crippen LogP contribution >= 0.6 is 11.3 Å². The lowest BCUT2D eigenvalue weighted by Crippen LogP contribution is -2.40. The minimum absolute atomic E-state index is 0.214. The zero-order valence-corrected chi connectivity index (χ0v) is 18.6. The maximum atomic E-state index is 10.6. The molecular formula is C27H25N3OS. The molecule has 0 unspecified atom stereocenters. The summed E-state index contributed by atoms with van der Waals surface area (Å²) in [5.41, 5.74) is 5.55. The average molecular weight is 440 g/mol. The number of phenols is 1. The molecule has 0 bridgehead atoms. The summed E-state index contributed by atoms with van der Waals surface area (Å²) in [7, 11) is 0. The molecule has 0 saturated heterocycles. The van der Waals surface area contributed by atoms with Gasteiger partial charge in [-0.3, -0.25) is 0 Å². The van der Waals surface area contributed by atoms with E-state index in [9.17, 15) is 5.11 Å². The molecule has 0 aliphatic carbocycles. The molecule has 2 heterocycles. The smallest absolute Gasteiger partial charge is 0.199 e. The van der Waals surface area contributed by atoms with E-state index in [1.54, 1.807) is 17.4 Å². The van der Waals surface area contributed by atoms with Crippen molar-refractivity contribution in [3.8, 4) is 16.9 Å². The number of aliphatic imine (C=N–C) groups is 1. The first-order chi connectivity index (χ1) is 15.8. The van der Waals surface area contributed by atoms with Crippen LogP contribution in [0.15, 0.2) is 95.3 Å². The van der Waals surface area contributed by atoms with E-state index >= 15 is 0 Å². The number of anilines is 1. The fourth-order valence-electron chi connectivity index (χ4n) is 4.02. The Kier molecular flexibility index (Phi) is 5.90. The number of hydrogen-bond donors (Lipinski definition) is 2. The standard InChI is InChI=1S/C27H25N3OS/c31-26-13-12-22(20-7-2-1-3-8-20)17-25(26)29-27(28-18-24-11-6-16-32-24)30-15-14-21-9-4-5-10-23(21)19-30/h1-13,16-17,31H,14-15,18-19H2,(H,28,29). The fourth-order valence-corrected chi connectivity index (χ4v) is 4.65. The van der Waals surface area contributed by atoms with Gasteiger partial charge in [0.25, 0.3) is 0 Å². The van der Waals surface area contributed by atoms with Crippen LogP contribution in [0.5, 0.6) is 5.75 Å². The van der Waals surface area contributed by atoms with Gasteiger partial charge in [-0.1, -0.05) is 66.7 Å². The predicted molar refractivity (Wildman–Crippen MR) is 133 cm³/mol. The zero-order valence-electron chi connectivity index (χ0n) is 17.7. The Bertz CT molecular complexity index is 1220. The third kappa shape index (κ3) is 4.53. The number of rotatable bonds is 4. The van der Waals surface area contributed by atoms with Crippen LogP contribution in [0.25, 0.3) is 11.1 Å². The predicted octanol–water partition coefficient (Wildman–Crippen LogP) is 6.15. The Balaban J connectivity index is 1.45. The van der Waals surface area contributed by atoms with Crippen molar-refractivity contribution < 1.29 is 5.11 Å². The highest BCUT2D eigenvalue weighted by Crippen LogP contribution is 2.30. The van der Waals surface area contributed by atoms with Crippen molar-refractivity contribution in [2.75, 3.05) is 11.9 Å². The van der Waals surface area contributed by atoms with Gasteiger partial charge in [-0.05, 0) is 52.3 Å². The normalized spacial score (nSPS) is 13.6. The van der Waals surface area contributed by atoms with E-state index in [1.165, 1.54) is 16.0 Å². The molecule has 5 rings (SSSR count). The Morgan fingerprint density at radius 1 is 0.906 bits per heavy atom. The zero-order chi connectivity index (χ0) is 21.8. The van der Waals surface area contributed by atoms with Crippen molar-refractivity contribution in [3.63, 3.8) is 0 Å². The van der Waals surface area contributed by atoms with Gasteiger partial charge in [0.2, 0.25) is 0 Å². The summed E-state index contributed by atoms with van der Waals surface area (Å²) in [6.07, 6.45) is 0.978. The summed E-state index contributed by atoms with van der Waals surface area (Å²) < 4.78 is 0. The van der Waals surface area contributed by atoms with Crippen molar-refractivity contribution >= 4 is 23.0 Å². The van der Waals surface area contributed by atoms with Crippen LogP contribution in [0.1, 0.15) is 16.0 Å². The van der Waals surface area contributed by atoms with Gasteiger partial charge in [-0.15, -0.1) is 11.3 Å². The molecule has 0 amide bonds. The Labute approximate surface area is 192 Å². The molecule has 1 aromatic heterocycles. The third-order valence-corrected chi connectivity index (χ3v) is 6.61. The summed E-state index contributed by atoms with van der Waals surface area (Å²) in [4.78, 5) is 8.41. The van der Waals surface area contributed by atoms with Crippen LogP contribution in [0.3, 0.4) is 0 Å². The minimum atomic E-state index is 0.214. The second kappa shape index (κ2) is 9.28. The lowest BCUT2D eigenvalue weighted by atomic mass is 10.0. The second-order valence-electron chi connectivity index (χ2n) is 7.88. The maximum absolute atomic E-state index is 10.6. The highest BCUT2D eigenvalue weighted by Gasteiger charge is 2.20. The average Bonchev–Trinajstić information content (AvgIpc) is 3.37. The number of fused-ring (bicyclic) bond motifs is 1. The van der Waals surface area contributed by atoms with E-state index in [-0.39, 0.29) is 5.75 Å². The van der Waals surface area contributed by atoms with Gasteiger partial charge in [0, 0.05) is 18.0 Å². The van der Waals surface area contributed by atoms with Crippen LogP contribution in [0.4, 0.5) is 5.69 Å². The molecule has 0 saturated carbocycles. The molecule has 1 aliphatic rings. The Morgan fingerprint density at radius 3 is 2.53 bits per heavy atom. The molecule has 1 aliphatic heterocycles. The fraction of sp³-hybridized carbons (Fsp3) is 0.148. The molecule has 5 heteroatoms. The second-order valence-corrected chi connectivity index (χ2v) is 8.91. The topological polar surface area (TPSA) is 47.9 Å². The summed E-state index contributed by atoms with van der Waals surface area (Å²) in [6.45, 7) is 2.29. The summed E-state index contributed by atoms with van der Waals surface area (Å²) in [5, 5.41) is 16.1. The quantitative estimate of drug-likeness (QED) is 0.228. The molecule has 4 nitrogen and oxygen atoms in total. The third-order valence-electron chi connectivity index (χ3n) is 5.75. The summed E-state index contributed by atoms with van der Waals surface area (Å²) in [5.74, 6) is 0.999. The van der Waals surface area contributed by atoms with Gasteiger partial charge >= 0.3 is 0 Å². The first-order valence-electron chi connectivity index (χ1n) is 10.8. The van der Waals surface area contributed by atoms with Crippen molar-refractivity contribution in [3.05, 3.63) is 106 Å². The first kappa shape index (κ1) is 20.3. The molecule has 3 aromatic carbocycles. The SMILES string of the molecule is Oc1ccc(-c2ccccc2)cc1NC(=NCc1cccs1)N1CCc2ccccc2C1. The first-order valence-corrected chi connectivity index (χ1v) is 11.7. The van der Waals surface area contributed by atoms with Crippen molar-refractivity contribution in [2.45, 2.75) is 19.5 Å². The number of hydrogen-bond acceptors (Lipinski definition) is 3. The Hall–Kier alpha value is -3.57. The molecule has 2 N–H and O–H groups in total. The highest BCUT2D eigenvalue weighted by molar-refractivity contribution is 7.09. The van der Waals surface area contributed by atoms with Crippen LogP contribution in [0.2, 0.25) is 0 Å². The van der Waals surface area contributed by atoms with E-state index < -0.39 is 0 Å². The number of phenolic OH excluding ortho intramolecular Hbond substituents is 1. The molecule has 32 heavy (non-hydrogen) atoms. The number of thiophene rings is 1. The molecule has 0 fully saturated rings. The van der Waals surface area contributed by atoms with Crippen LogP contribution in [-0.2, 0) is 19.5 Å². The lowest BCUT2D eigenvalue weighted by molar-refractivity contribution is 0.391. The largest absolute Gasteiger partial charge is 0.506 e. The van der Waals surface area contributed by atoms with E-state index in [1.807, 2.05) is 30.3 Å². The number of aromatic hydroxyl groups is 1. The van der Waals surface area contributed by atoms with Crippen LogP contribution < -0.4 is 5.32 Å². The van der Waals surface area contributed by atoms with E-state index in [0.717, 1.165) is 36.6 Å². The van der Waals surface area contributed by atoms with E-state index in [4.69, 9.17) is 4.99 Å². The molecule has 0 radical (unpaired) electrons. The lowest BCUT2D eigenvalue weighted by Gasteiger charge is -2.32. The monoisotopic (exact) mass is 439 g/mol. The van der Waals surface area contributed by atoms with Gasteiger partial charge in [-0.2, -0.15) is 0 Å². The molecule has 0 atom stereocenters. The Morgan fingerprint density at radius 2 is 1.72 bits per heavy atom.